The molecule has 1 saturated carbocycles. The predicted octanol–water partition coefficient (Wildman–Crippen LogP) is 1.02. The number of hydrogen-bond acceptors (Lipinski definition) is 4. The molecule has 2 aliphatic rings. The molecule has 102 valence electrons. The van der Waals surface area contributed by atoms with Crippen LogP contribution in [0.15, 0.2) is 18.5 Å². The Kier molecular flexibility index (Phi) is 3.35. The summed E-state index contributed by atoms with van der Waals surface area (Å²) in [5.74, 6) is 0. The van der Waals surface area contributed by atoms with Crippen LogP contribution in [0.4, 0.5) is 10.5 Å². The maximum Gasteiger partial charge on any atom is 0.319 e. The number of aromatic nitrogens is 1. The number of amides is 2. The van der Waals surface area contributed by atoms with Crippen molar-refractivity contribution in [2.75, 3.05) is 5.32 Å². The summed E-state index contributed by atoms with van der Waals surface area (Å²) in [7, 11) is 0. The van der Waals surface area contributed by atoms with Gasteiger partial charge in [0.15, 0.2) is 0 Å². The van der Waals surface area contributed by atoms with Gasteiger partial charge in [-0.2, -0.15) is 0 Å². The first-order valence-corrected chi connectivity index (χ1v) is 6.52. The van der Waals surface area contributed by atoms with Crippen molar-refractivity contribution in [1.82, 2.24) is 10.3 Å². The molecule has 0 unspecified atom stereocenters. The van der Waals surface area contributed by atoms with Gasteiger partial charge in [0.2, 0.25) is 0 Å². The van der Waals surface area contributed by atoms with Gasteiger partial charge in [-0.3, -0.25) is 4.98 Å². The number of carbonyl (C=O) groups is 1. The Hall–Kier alpha value is -1.66. The van der Waals surface area contributed by atoms with E-state index in [1.807, 2.05) is 0 Å². The van der Waals surface area contributed by atoms with Crippen LogP contribution < -0.4 is 10.6 Å². The van der Waals surface area contributed by atoms with E-state index in [4.69, 9.17) is 9.84 Å². The number of carbonyl (C=O) groups excluding carboxylic acids is 1. The molecule has 1 aromatic heterocycles. The zero-order valence-electron chi connectivity index (χ0n) is 10.5. The lowest BCUT2D eigenvalue weighted by atomic mass is 9.96. The lowest BCUT2D eigenvalue weighted by Crippen LogP contribution is -2.40. The molecule has 2 amide bonds. The third-order valence-electron chi connectivity index (χ3n) is 3.57. The number of anilines is 1. The van der Waals surface area contributed by atoms with E-state index in [2.05, 4.69) is 15.6 Å². The highest BCUT2D eigenvalue weighted by Crippen LogP contribution is 2.36. The average Bonchev–Trinajstić information content (AvgIpc) is 3.17. The monoisotopic (exact) mass is 263 g/mol. The Morgan fingerprint density at radius 1 is 1.42 bits per heavy atom. The molecular weight excluding hydrogens is 246 g/mol. The highest BCUT2D eigenvalue weighted by atomic mass is 16.6. The van der Waals surface area contributed by atoms with Gasteiger partial charge in [-0.15, -0.1) is 0 Å². The van der Waals surface area contributed by atoms with Gasteiger partial charge in [0.25, 0.3) is 0 Å². The van der Waals surface area contributed by atoms with Gasteiger partial charge in [0.05, 0.1) is 30.7 Å². The van der Waals surface area contributed by atoms with Crippen LogP contribution in [-0.4, -0.2) is 34.4 Å². The molecule has 1 aliphatic carbocycles. The van der Waals surface area contributed by atoms with E-state index in [0.29, 0.717) is 23.5 Å². The van der Waals surface area contributed by atoms with Gasteiger partial charge in [-0.25, -0.2) is 4.79 Å². The second kappa shape index (κ2) is 5.14. The Labute approximate surface area is 111 Å². The number of aliphatic hydroxyl groups excluding tert-OH is 1. The molecule has 19 heavy (non-hydrogen) atoms. The first-order chi connectivity index (χ1) is 9.24. The highest BCUT2D eigenvalue weighted by molar-refractivity contribution is 5.89. The standard InChI is InChI=1S/C13H17N3O3/c17-7-8-3-10(6-14-5-8)16-13(18)15-9-1-2-11-12(4-9)19-11/h3,5-6,9,11-12,17H,1-2,4,7H2,(H2,15,16,18)/t9-,11-,12-/m1/s1. The van der Waals surface area contributed by atoms with E-state index in [0.717, 1.165) is 19.3 Å². The van der Waals surface area contributed by atoms with Crippen LogP contribution in [0.5, 0.6) is 0 Å². The topological polar surface area (TPSA) is 86.8 Å². The van der Waals surface area contributed by atoms with Crippen LogP contribution in [0, 0.1) is 0 Å². The summed E-state index contributed by atoms with van der Waals surface area (Å²) in [6, 6.07) is 1.65. The fraction of sp³-hybridized carbons (Fsp3) is 0.538. The first-order valence-electron chi connectivity index (χ1n) is 6.52. The molecule has 0 spiro atoms. The Morgan fingerprint density at radius 3 is 3.11 bits per heavy atom. The van der Waals surface area contributed by atoms with E-state index < -0.39 is 0 Å². The summed E-state index contributed by atoms with van der Waals surface area (Å²) < 4.78 is 5.43. The molecule has 0 bridgehead atoms. The molecule has 2 heterocycles. The van der Waals surface area contributed by atoms with Crippen molar-refractivity contribution >= 4 is 11.7 Å². The number of hydrogen-bond donors (Lipinski definition) is 3. The van der Waals surface area contributed by atoms with Gasteiger partial charge in [-0.05, 0) is 30.9 Å². The van der Waals surface area contributed by atoms with Gasteiger partial charge in [0, 0.05) is 12.2 Å². The van der Waals surface area contributed by atoms with Crippen molar-refractivity contribution in [2.45, 2.75) is 44.1 Å². The Morgan fingerprint density at radius 2 is 2.32 bits per heavy atom. The zero-order chi connectivity index (χ0) is 13.2. The van der Waals surface area contributed by atoms with E-state index >= 15 is 0 Å². The number of aliphatic hydroxyl groups is 1. The van der Waals surface area contributed by atoms with Crippen LogP contribution in [-0.2, 0) is 11.3 Å². The molecule has 6 nitrogen and oxygen atoms in total. The largest absolute Gasteiger partial charge is 0.392 e. The quantitative estimate of drug-likeness (QED) is 0.710. The molecule has 0 radical (unpaired) electrons. The van der Waals surface area contributed by atoms with Crippen LogP contribution in [0.3, 0.4) is 0 Å². The number of urea groups is 1. The molecule has 3 rings (SSSR count). The average molecular weight is 263 g/mol. The van der Waals surface area contributed by atoms with Crippen molar-refractivity contribution in [3.8, 4) is 0 Å². The second-order valence-corrected chi connectivity index (χ2v) is 5.06. The van der Waals surface area contributed by atoms with Crippen LogP contribution >= 0.6 is 0 Å². The summed E-state index contributed by atoms with van der Waals surface area (Å²) in [5, 5.41) is 14.7. The number of epoxide rings is 1. The smallest absolute Gasteiger partial charge is 0.319 e. The summed E-state index contributed by atoms with van der Waals surface area (Å²) in [6.07, 6.45) is 6.78. The van der Waals surface area contributed by atoms with Crippen molar-refractivity contribution in [1.29, 1.82) is 0 Å². The zero-order valence-corrected chi connectivity index (χ0v) is 10.5. The second-order valence-electron chi connectivity index (χ2n) is 5.06. The maximum atomic E-state index is 11.8. The van der Waals surface area contributed by atoms with Gasteiger partial charge in [-0.1, -0.05) is 0 Å². The fourth-order valence-corrected chi connectivity index (χ4v) is 2.53. The lowest BCUT2D eigenvalue weighted by Gasteiger charge is -2.20. The summed E-state index contributed by atoms with van der Waals surface area (Å²) >= 11 is 0. The molecule has 2 fully saturated rings. The van der Waals surface area contributed by atoms with Gasteiger partial charge < -0.3 is 20.5 Å². The van der Waals surface area contributed by atoms with E-state index in [1.165, 1.54) is 0 Å². The van der Waals surface area contributed by atoms with Crippen LogP contribution in [0.25, 0.3) is 0 Å². The van der Waals surface area contributed by atoms with E-state index in [1.54, 1.807) is 18.5 Å². The van der Waals surface area contributed by atoms with E-state index in [-0.39, 0.29) is 18.7 Å². The third-order valence-corrected chi connectivity index (χ3v) is 3.57. The summed E-state index contributed by atoms with van der Waals surface area (Å²) in [4.78, 5) is 15.8. The highest BCUT2D eigenvalue weighted by Gasteiger charge is 2.44. The fourth-order valence-electron chi connectivity index (χ4n) is 2.53. The molecule has 3 atom stereocenters. The normalized spacial score (nSPS) is 28.4. The summed E-state index contributed by atoms with van der Waals surface area (Å²) in [6.45, 7) is -0.0901. The number of nitrogens with zero attached hydrogens (tertiary/aromatic N) is 1. The molecule has 3 N–H and O–H groups in total. The molecule has 1 aromatic rings. The number of nitrogens with one attached hydrogen (secondary N) is 2. The van der Waals surface area contributed by atoms with E-state index in [9.17, 15) is 4.79 Å². The first kappa shape index (κ1) is 12.4. The van der Waals surface area contributed by atoms with Crippen molar-refractivity contribution in [2.24, 2.45) is 0 Å². The predicted molar refractivity (Wildman–Crippen MR) is 68.6 cm³/mol. The minimum Gasteiger partial charge on any atom is -0.392 e. The minimum atomic E-state index is -0.235. The number of ether oxygens (including phenoxy) is 1. The number of pyridine rings is 1. The number of fused-ring (bicyclic) bond motifs is 1. The van der Waals surface area contributed by atoms with Crippen molar-refractivity contribution in [3.63, 3.8) is 0 Å². The van der Waals surface area contributed by atoms with Crippen LogP contribution in [0.1, 0.15) is 24.8 Å². The van der Waals surface area contributed by atoms with Crippen LogP contribution in [0.2, 0.25) is 0 Å². The minimum absolute atomic E-state index is 0.0901. The molecule has 6 heteroatoms. The third kappa shape index (κ3) is 3.02. The van der Waals surface area contributed by atoms with Gasteiger partial charge >= 0.3 is 6.03 Å². The molecule has 1 saturated heterocycles. The number of rotatable bonds is 3. The lowest BCUT2D eigenvalue weighted by molar-refractivity contribution is 0.245. The van der Waals surface area contributed by atoms with Gasteiger partial charge in [0.1, 0.15) is 0 Å². The molecule has 1 aliphatic heterocycles. The molecular formula is C13H17N3O3. The maximum absolute atomic E-state index is 11.8. The Balaban J connectivity index is 1.52. The Bertz CT molecular complexity index is 480. The summed E-state index contributed by atoms with van der Waals surface area (Å²) in [5.41, 5.74) is 1.25. The SMILES string of the molecule is O=C(Nc1cncc(CO)c1)N[C@@H]1CC[C@H]2O[C@@H]2C1. The molecule has 0 aromatic carbocycles. The van der Waals surface area contributed by atoms with Crippen molar-refractivity contribution < 1.29 is 14.6 Å². The van der Waals surface area contributed by atoms with Crippen molar-refractivity contribution in [3.05, 3.63) is 24.0 Å².